The number of rotatable bonds is 3. The van der Waals surface area contributed by atoms with Gasteiger partial charge in [-0.15, -0.1) is 0 Å². The Morgan fingerprint density at radius 1 is 1.56 bits per heavy atom. The van der Waals surface area contributed by atoms with Crippen molar-refractivity contribution in [2.24, 2.45) is 0 Å². The SMILES string of the molecule is COC(=O)c1cc(C=CCBr)cc(N)c1C. The van der Waals surface area contributed by atoms with Crippen molar-refractivity contribution in [2.75, 3.05) is 18.2 Å². The summed E-state index contributed by atoms with van der Waals surface area (Å²) in [4.78, 5) is 11.5. The molecule has 0 aliphatic carbocycles. The van der Waals surface area contributed by atoms with Gasteiger partial charge in [0.05, 0.1) is 12.7 Å². The van der Waals surface area contributed by atoms with Gasteiger partial charge in [0.1, 0.15) is 0 Å². The normalized spacial score (nSPS) is 10.7. The average Bonchev–Trinajstić information content (AvgIpc) is 2.29. The number of benzene rings is 1. The number of alkyl halides is 1. The average molecular weight is 284 g/mol. The number of methoxy groups -OCH3 is 1. The number of nitrogen functional groups attached to an aromatic ring is 1. The molecule has 0 fully saturated rings. The minimum absolute atomic E-state index is 0.363. The second-order valence-electron chi connectivity index (χ2n) is 3.33. The Bertz CT molecular complexity index is 427. The summed E-state index contributed by atoms with van der Waals surface area (Å²) in [6.45, 7) is 1.81. The van der Waals surface area contributed by atoms with E-state index in [2.05, 4.69) is 15.9 Å². The quantitative estimate of drug-likeness (QED) is 0.527. The highest BCUT2D eigenvalue weighted by Gasteiger charge is 2.11. The first-order chi connectivity index (χ1) is 7.60. The number of carbonyl (C=O) groups is 1. The third kappa shape index (κ3) is 2.85. The summed E-state index contributed by atoms with van der Waals surface area (Å²) in [5, 5.41) is 0.758. The van der Waals surface area contributed by atoms with Crippen LogP contribution in [0.4, 0.5) is 5.69 Å². The number of anilines is 1. The van der Waals surface area contributed by atoms with Crippen LogP contribution in [0.1, 0.15) is 21.5 Å². The van der Waals surface area contributed by atoms with E-state index < -0.39 is 0 Å². The van der Waals surface area contributed by atoms with Gasteiger partial charge >= 0.3 is 5.97 Å². The Hall–Kier alpha value is -1.29. The minimum Gasteiger partial charge on any atom is -0.465 e. The lowest BCUT2D eigenvalue weighted by molar-refractivity contribution is 0.0600. The number of carbonyl (C=O) groups excluding carboxylic acids is 1. The first-order valence-electron chi connectivity index (χ1n) is 4.81. The Labute approximate surface area is 103 Å². The summed E-state index contributed by atoms with van der Waals surface area (Å²) < 4.78 is 4.70. The van der Waals surface area contributed by atoms with Crippen LogP contribution in [0.5, 0.6) is 0 Å². The van der Waals surface area contributed by atoms with Crippen LogP contribution >= 0.6 is 15.9 Å². The molecular weight excluding hydrogens is 270 g/mol. The maximum Gasteiger partial charge on any atom is 0.338 e. The molecule has 1 aromatic rings. The third-order valence-corrected chi connectivity index (χ3v) is 2.65. The van der Waals surface area contributed by atoms with E-state index in [1.807, 2.05) is 18.2 Å². The maximum absolute atomic E-state index is 11.5. The molecule has 0 aliphatic rings. The number of halogens is 1. The van der Waals surface area contributed by atoms with Gasteiger partial charge < -0.3 is 10.5 Å². The number of ether oxygens (including phenoxy) is 1. The molecule has 1 rings (SSSR count). The van der Waals surface area contributed by atoms with Crippen molar-refractivity contribution in [3.05, 3.63) is 34.9 Å². The molecule has 0 atom stereocenters. The van der Waals surface area contributed by atoms with Crippen LogP contribution in [0.25, 0.3) is 6.08 Å². The van der Waals surface area contributed by atoms with Gasteiger partial charge in [-0.05, 0) is 30.2 Å². The van der Waals surface area contributed by atoms with E-state index in [-0.39, 0.29) is 5.97 Å². The number of esters is 1. The van der Waals surface area contributed by atoms with Gasteiger partial charge in [-0.2, -0.15) is 0 Å². The molecule has 0 saturated carbocycles. The van der Waals surface area contributed by atoms with Crippen LogP contribution < -0.4 is 5.73 Å². The molecule has 0 spiro atoms. The Morgan fingerprint density at radius 2 is 2.25 bits per heavy atom. The Kier molecular flexibility index (Phi) is 4.55. The molecule has 0 bridgehead atoms. The van der Waals surface area contributed by atoms with E-state index in [0.717, 1.165) is 16.5 Å². The van der Waals surface area contributed by atoms with E-state index in [4.69, 9.17) is 10.5 Å². The van der Waals surface area contributed by atoms with E-state index in [9.17, 15) is 4.79 Å². The van der Waals surface area contributed by atoms with Crippen molar-refractivity contribution in [1.29, 1.82) is 0 Å². The fourth-order valence-corrected chi connectivity index (χ4v) is 1.55. The molecule has 16 heavy (non-hydrogen) atoms. The van der Waals surface area contributed by atoms with E-state index in [1.165, 1.54) is 7.11 Å². The first kappa shape index (κ1) is 12.8. The van der Waals surface area contributed by atoms with E-state index >= 15 is 0 Å². The monoisotopic (exact) mass is 283 g/mol. The molecule has 0 aromatic heterocycles. The predicted octanol–water partition coefficient (Wildman–Crippen LogP) is 2.77. The lowest BCUT2D eigenvalue weighted by Crippen LogP contribution is -2.06. The second-order valence-corrected chi connectivity index (χ2v) is 3.98. The molecule has 0 unspecified atom stereocenters. The van der Waals surface area contributed by atoms with Gasteiger partial charge in [0, 0.05) is 11.0 Å². The van der Waals surface area contributed by atoms with E-state index in [1.54, 1.807) is 13.0 Å². The topological polar surface area (TPSA) is 52.3 Å². The van der Waals surface area contributed by atoms with Crippen molar-refractivity contribution >= 4 is 33.7 Å². The maximum atomic E-state index is 11.5. The molecule has 0 radical (unpaired) electrons. The van der Waals surface area contributed by atoms with Crippen molar-refractivity contribution in [2.45, 2.75) is 6.92 Å². The molecule has 4 heteroatoms. The third-order valence-electron chi connectivity index (χ3n) is 2.27. The van der Waals surface area contributed by atoms with Crippen LogP contribution in [0, 0.1) is 6.92 Å². The van der Waals surface area contributed by atoms with Crippen molar-refractivity contribution in [3.63, 3.8) is 0 Å². The highest BCUT2D eigenvalue weighted by molar-refractivity contribution is 9.09. The second kappa shape index (κ2) is 5.70. The molecular formula is C12H14BrNO2. The van der Waals surface area contributed by atoms with Gasteiger partial charge in [-0.1, -0.05) is 28.1 Å². The number of hydrogen-bond donors (Lipinski definition) is 1. The molecule has 0 heterocycles. The molecule has 3 nitrogen and oxygen atoms in total. The van der Waals surface area contributed by atoms with Crippen molar-refractivity contribution < 1.29 is 9.53 Å². The van der Waals surface area contributed by atoms with Crippen LogP contribution in [-0.4, -0.2) is 18.4 Å². The molecule has 1 aromatic carbocycles. The van der Waals surface area contributed by atoms with Crippen LogP contribution in [0.3, 0.4) is 0 Å². The summed E-state index contributed by atoms with van der Waals surface area (Å²) in [6, 6.07) is 3.61. The van der Waals surface area contributed by atoms with Crippen LogP contribution in [-0.2, 0) is 4.74 Å². The fraction of sp³-hybridized carbons (Fsp3) is 0.250. The molecule has 0 aliphatic heterocycles. The zero-order valence-electron chi connectivity index (χ0n) is 9.29. The van der Waals surface area contributed by atoms with Gasteiger partial charge in [0.2, 0.25) is 0 Å². The lowest BCUT2D eigenvalue weighted by atomic mass is 10.0. The summed E-state index contributed by atoms with van der Waals surface area (Å²) in [7, 11) is 1.36. The van der Waals surface area contributed by atoms with Gasteiger partial charge in [0.15, 0.2) is 0 Å². The molecule has 86 valence electrons. The summed E-state index contributed by atoms with van der Waals surface area (Å²) in [5.41, 5.74) is 8.58. The van der Waals surface area contributed by atoms with Crippen LogP contribution in [0.15, 0.2) is 18.2 Å². The summed E-state index contributed by atoms with van der Waals surface area (Å²) >= 11 is 3.29. The zero-order valence-corrected chi connectivity index (χ0v) is 10.9. The van der Waals surface area contributed by atoms with Crippen molar-refractivity contribution in [1.82, 2.24) is 0 Å². The molecule has 2 N–H and O–H groups in total. The predicted molar refractivity (Wildman–Crippen MR) is 69.8 cm³/mol. The molecule has 0 amide bonds. The Morgan fingerprint density at radius 3 is 2.81 bits per heavy atom. The van der Waals surface area contributed by atoms with Crippen LogP contribution in [0.2, 0.25) is 0 Å². The van der Waals surface area contributed by atoms with Gasteiger partial charge in [0.25, 0.3) is 0 Å². The lowest BCUT2D eigenvalue weighted by Gasteiger charge is -2.08. The first-order valence-corrected chi connectivity index (χ1v) is 5.93. The van der Waals surface area contributed by atoms with Gasteiger partial charge in [-0.3, -0.25) is 0 Å². The van der Waals surface area contributed by atoms with Gasteiger partial charge in [-0.25, -0.2) is 4.79 Å². The zero-order chi connectivity index (χ0) is 12.1. The highest BCUT2D eigenvalue weighted by Crippen LogP contribution is 2.20. The Balaban J connectivity index is 3.22. The number of nitrogens with two attached hydrogens (primary N) is 1. The summed E-state index contributed by atoms with van der Waals surface area (Å²) in [6.07, 6.45) is 3.84. The van der Waals surface area contributed by atoms with Crippen molar-refractivity contribution in [3.8, 4) is 0 Å². The minimum atomic E-state index is -0.363. The molecule has 0 saturated heterocycles. The summed E-state index contributed by atoms with van der Waals surface area (Å²) in [5.74, 6) is -0.363. The highest BCUT2D eigenvalue weighted by atomic mass is 79.9. The smallest absolute Gasteiger partial charge is 0.338 e. The van der Waals surface area contributed by atoms with E-state index in [0.29, 0.717) is 11.3 Å². The number of allylic oxidation sites excluding steroid dienone is 1. The standard InChI is InChI=1S/C12H14BrNO2/c1-8-10(12(15)16-2)6-9(4-3-5-13)7-11(8)14/h3-4,6-7H,5,14H2,1-2H3. The number of hydrogen-bond acceptors (Lipinski definition) is 3. The largest absolute Gasteiger partial charge is 0.465 e. The fourth-order valence-electron chi connectivity index (χ4n) is 1.36.